The Morgan fingerprint density at radius 1 is 1.38 bits per heavy atom. The summed E-state index contributed by atoms with van der Waals surface area (Å²) in [7, 11) is 1.59. The monoisotopic (exact) mass is 290 g/mol. The molecule has 1 N–H and O–H groups in total. The SMILES string of the molecule is Cn1cc(C(=O)N2C[C@@H]3CCC[C@@]3(C(=O)O)C2)ccc1=O. The summed E-state index contributed by atoms with van der Waals surface area (Å²) in [5.41, 5.74) is -0.513. The first-order valence-corrected chi connectivity index (χ1v) is 7.13. The Hall–Kier alpha value is -2.11. The van der Waals surface area contributed by atoms with E-state index in [0.29, 0.717) is 18.5 Å². The molecule has 1 saturated heterocycles. The van der Waals surface area contributed by atoms with Crippen molar-refractivity contribution in [3.05, 3.63) is 34.2 Å². The van der Waals surface area contributed by atoms with Gasteiger partial charge in [-0.3, -0.25) is 14.4 Å². The minimum Gasteiger partial charge on any atom is -0.481 e. The minimum absolute atomic E-state index is 0.0477. The van der Waals surface area contributed by atoms with Crippen LogP contribution in [0.2, 0.25) is 0 Å². The van der Waals surface area contributed by atoms with Crippen LogP contribution >= 0.6 is 0 Å². The van der Waals surface area contributed by atoms with Crippen LogP contribution in [0.1, 0.15) is 29.6 Å². The number of amides is 1. The molecule has 0 spiro atoms. The predicted octanol–water partition coefficient (Wildman–Crippen LogP) is 0.712. The van der Waals surface area contributed by atoms with Crippen molar-refractivity contribution >= 4 is 11.9 Å². The lowest BCUT2D eigenvalue weighted by atomic mass is 9.81. The predicted molar refractivity (Wildman–Crippen MR) is 75.0 cm³/mol. The number of hydrogen-bond donors (Lipinski definition) is 1. The van der Waals surface area contributed by atoms with Gasteiger partial charge < -0.3 is 14.6 Å². The highest BCUT2D eigenvalue weighted by molar-refractivity contribution is 5.95. The first kappa shape index (κ1) is 13.9. The van der Waals surface area contributed by atoms with Gasteiger partial charge in [0.2, 0.25) is 5.56 Å². The second-order valence-corrected chi connectivity index (χ2v) is 6.10. The number of fused-ring (bicyclic) bond motifs is 1. The first-order valence-electron chi connectivity index (χ1n) is 7.13. The summed E-state index contributed by atoms with van der Waals surface area (Å²) < 4.78 is 1.36. The fourth-order valence-corrected chi connectivity index (χ4v) is 3.70. The number of hydrogen-bond acceptors (Lipinski definition) is 3. The van der Waals surface area contributed by atoms with Crippen molar-refractivity contribution in [1.82, 2.24) is 9.47 Å². The van der Waals surface area contributed by atoms with Crippen molar-refractivity contribution in [3.8, 4) is 0 Å². The van der Waals surface area contributed by atoms with E-state index in [0.717, 1.165) is 12.8 Å². The molecule has 1 aromatic heterocycles. The normalized spacial score (nSPS) is 27.7. The maximum absolute atomic E-state index is 12.5. The number of carboxylic acids is 1. The Morgan fingerprint density at radius 3 is 2.76 bits per heavy atom. The zero-order chi connectivity index (χ0) is 15.2. The molecule has 1 saturated carbocycles. The van der Waals surface area contributed by atoms with Gasteiger partial charge in [-0.2, -0.15) is 0 Å². The van der Waals surface area contributed by atoms with Gasteiger partial charge in [0.15, 0.2) is 0 Å². The van der Waals surface area contributed by atoms with Crippen molar-refractivity contribution in [2.24, 2.45) is 18.4 Å². The third kappa shape index (κ3) is 2.05. The molecule has 1 aromatic rings. The Bertz CT molecular complexity index is 666. The van der Waals surface area contributed by atoms with Gasteiger partial charge in [-0.15, -0.1) is 0 Å². The molecule has 1 aliphatic carbocycles. The summed E-state index contributed by atoms with van der Waals surface area (Å²) in [6.07, 6.45) is 3.93. The highest BCUT2D eigenvalue weighted by Crippen LogP contribution is 2.49. The van der Waals surface area contributed by atoms with Crippen LogP contribution in [0.4, 0.5) is 0 Å². The lowest BCUT2D eigenvalue weighted by molar-refractivity contribution is -0.149. The van der Waals surface area contributed by atoms with Crippen LogP contribution in [-0.4, -0.2) is 39.5 Å². The third-order valence-electron chi connectivity index (χ3n) is 4.92. The van der Waals surface area contributed by atoms with Gasteiger partial charge in [0.1, 0.15) is 0 Å². The van der Waals surface area contributed by atoms with Gasteiger partial charge in [-0.05, 0) is 24.8 Å². The van der Waals surface area contributed by atoms with E-state index < -0.39 is 11.4 Å². The summed E-state index contributed by atoms with van der Waals surface area (Å²) in [5.74, 6) is -0.937. The zero-order valence-corrected chi connectivity index (χ0v) is 11.9. The van der Waals surface area contributed by atoms with Crippen LogP contribution in [-0.2, 0) is 11.8 Å². The van der Waals surface area contributed by atoms with Crippen molar-refractivity contribution in [1.29, 1.82) is 0 Å². The second kappa shape index (κ2) is 4.72. The van der Waals surface area contributed by atoms with Crippen molar-refractivity contribution in [3.63, 3.8) is 0 Å². The quantitative estimate of drug-likeness (QED) is 0.870. The molecule has 2 aliphatic rings. The molecule has 0 bridgehead atoms. The molecule has 6 heteroatoms. The van der Waals surface area contributed by atoms with E-state index in [9.17, 15) is 19.5 Å². The van der Waals surface area contributed by atoms with Crippen LogP contribution in [0.3, 0.4) is 0 Å². The number of nitrogens with zero attached hydrogens (tertiary/aromatic N) is 2. The lowest BCUT2D eigenvalue weighted by Gasteiger charge is -2.23. The molecule has 0 radical (unpaired) electrons. The van der Waals surface area contributed by atoms with Crippen LogP contribution in [0.25, 0.3) is 0 Å². The van der Waals surface area contributed by atoms with E-state index in [1.807, 2.05) is 0 Å². The van der Waals surface area contributed by atoms with E-state index in [4.69, 9.17) is 0 Å². The average Bonchev–Trinajstić information content (AvgIpc) is 2.98. The molecule has 2 fully saturated rings. The zero-order valence-electron chi connectivity index (χ0n) is 11.9. The van der Waals surface area contributed by atoms with Gasteiger partial charge in [0.05, 0.1) is 11.0 Å². The number of rotatable bonds is 2. The molecule has 1 aliphatic heterocycles. The Balaban J connectivity index is 1.86. The molecule has 2 heterocycles. The second-order valence-electron chi connectivity index (χ2n) is 6.10. The largest absolute Gasteiger partial charge is 0.481 e. The number of likely N-dealkylation sites (tertiary alicyclic amines) is 1. The van der Waals surface area contributed by atoms with E-state index in [2.05, 4.69) is 0 Å². The van der Waals surface area contributed by atoms with Gasteiger partial charge in [0.25, 0.3) is 5.91 Å². The van der Waals surface area contributed by atoms with Gasteiger partial charge >= 0.3 is 5.97 Å². The molecule has 0 unspecified atom stereocenters. The van der Waals surface area contributed by atoms with Crippen molar-refractivity contribution < 1.29 is 14.7 Å². The molecule has 112 valence electrons. The standard InChI is InChI=1S/C15H18N2O4/c1-16-7-10(4-5-12(16)18)13(19)17-8-11-3-2-6-15(11,9-17)14(20)21/h4-5,7,11H,2-3,6,8-9H2,1H3,(H,20,21)/t11-,15+/m0/s1. The van der Waals surface area contributed by atoms with Crippen LogP contribution in [0, 0.1) is 11.3 Å². The summed E-state index contributed by atoms with van der Waals surface area (Å²) in [6, 6.07) is 2.86. The molecule has 1 amide bonds. The number of carboxylic acid groups (broad SMARTS) is 1. The number of carbonyl (C=O) groups excluding carboxylic acids is 1. The maximum Gasteiger partial charge on any atom is 0.311 e. The lowest BCUT2D eigenvalue weighted by Crippen LogP contribution is -2.37. The van der Waals surface area contributed by atoms with Gasteiger partial charge in [-0.25, -0.2) is 0 Å². The van der Waals surface area contributed by atoms with Crippen LogP contribution < -0.4 is 5.56 Å². The van der Waals surface area contributed by atoms with Crippen molar-refractivity contribution in [2.75, 3.05) is 13.1 Å². The molecule has 0 aromatic carbocycles. The average molecular weight is 290 g/mol. The highest BCUT2D eigenvalue weighted by atomic mass is 16.4. The molecule has 21 heavy (non-hydrogen) atoms. The topological polar surface area (TPSA) is 79.6 Å². The highest BCUT2D eigenvalue weighted by Gasteiger charge is 2.55. The van der Waals surface area contributed by atoms with E-state index >= 15 is 0 Å². The summed E-state index contributed by atoms with van der Waals surface area (Å²) in [6.45, 7) is 0.767. The maximum atomic E-state index is 12.5. The molecular weight excluding hydrogens is 272 g/mol. The Labute approximate surface area is 122 Å². The Morgan fingerprint density at radius 2 is 2.14 bits per heavy atom. The van der Waals surface area contributed by atoms with Crippen LogP contribution in [0.15, 0.2) is 23.1 Å². The molecule has 2 atom stereocenters. The van der Waals surface area contributed by atoms with E-state index in [1.54, 1.807) is 11.9 Å². The number of aliphatic carboxylic acids is 1. The summed E-state index contributed by atoms with van der Waals surface area (Å²) in [4.78, 5) is 37.1. The smallest absolute Gasteiger partial charge is 0.311 e. The molecule has 6 nitrogen and oxygen atoms in total. The van der Waals surface area contributed by atoms with Gasteiger partial charge in [0, 0.05) is 32.4 Å². The molecule has 3 rings (SSSR count). The van der Waals surface area contributed by atoms with E-state index in [-0.39, 0.29) is 23.9 Å². The fraction of sp³-hybridized carbons (Fsp3) is 0.533. The number of pyridine rings is 1. The Kier molecular flexibility index (Phi) is 3.11. The van der Waals surface area contributed by atoms with E-state index in [1.165, 1.54) is 22.9 Å². The summed E-state index contributed by atoms with van der Waals surface area (Å²) in [5, 5.41) is 9.54. The minimum atomic E-state index is -0.791. The summed E-state index contributed by atoms with van der Waals surface area (Å²) >= 11 is 0. The van der Waals surface area contributed by atoms with Gasteiger partial charge in [-0.1, -0.05) is 6.42 Å². The van der Waals surface area contributed by atoms with Crippen molar-refractivity contribution in [2.45, 2.75) is 19.3 Å². The number of aryl methyl sites for hydroxylation is 1. The number of carbonyl (C=O) groups is 2. The third-order valence-corrected chi connectivity index (χ3v) is 4.92. The first-order chi connectivity index (χ1) is 9.94. The molecular formula is C15H18N2O4. The van der Waals surface area contributed by atoms with Crippen LogP contribution in [0.5, 0.6) is 0 Å². The number of aromatic nitrogens is 1. The fourth-order valence-electron chi connectivity index (χ4n) is 3.70.